The molecule has 0 radical (unpaired) electrons. The molecule has 6 heteroatoms. The van der Waals surface area contributed by atoms with Crippen molar-refractivity contribution < 1.29 is 19.0 Å². The van der Waals surface area contributed by atoms with Gasteiger partial charge in [-0.15, -0.1) is 0 Å². The van der Waals surface area contributed by atoms with Gasteiger partial charge in [0, 0.05) is 19.0 Å². The Balaban J connectivity index is 1.96. The third-order valence-electron chi connectivity index (χ3n) is 2.64. The standard InChI is InChI=1S/C10H14NO4P/c12-16(13,14)15-11-7-6-10(8-11)9-4-2-1-3-5-9/h1-5,10H,6-8H2,(H2,12,13,14). The van der Waals surface area contributed by atoms with Crippen LogP contribution in [0.4, 0.5) is 0 Å². The van der Waals surface area contributed by atoms with Crippen molar-refractivity contribution in [2.45, 2.75) is 12.3 Å². The molecule has 1 atom stereocenters. The van der Waals surface area contributed by atoms with Crippen LogP contribution < -0.4 is 0 Å². The van der Waals surface area contributed by atoms with Crippen molar-refractivity contribution in [1.29, 1.82) is 0 Å². The Morgan fingerprint density at radius 3 is 2.62 bits per heavy atom. The van der Waals surface area contributed by atoms with Crippen molar-refractivity contribution in [2.24, 2.45) is 0 Å². The highest BCUT2D eigenvalue weighted by atomic mass is 31.2. The molecule has 1 aliphatic rings. The molecule has 0 bridgehead atoms. The van der Waals surface area contributed by atoms with Crippen LogP contribution >= 0.6 is 7.82 Å². The zero-order chi connectivity index (χ0) is 11.6. The number of hydrogen-bond donors (Lipinski definition) is 2. The fourth-order valence-electron chi connectivity index (χ4n) is 1.95. The molecule has 5 nitrogen and oxygen atoms in total. The van der Waals surface area contributed by atoms with Crippen LogP contribution in [0.5, 0.6) is 0 Å². The number of nitrogens with zero attached hydrogens (tertiary/aromatic N) is 1. The molecule has 1 unspecified atom stereocenters. The van der Waals surface area contributed by atoms with Crippen LogP contribution in [0.1, 0.15) is 17.9 Å². The summed E-state index contributed by atoms with van der Waals surface area (Å²) in [5.74, 6) is 0.285. The van der Waals surface area contributed by atoms with E-state index in [9.17, 15) is 4.57 Å². The van der Waals surface area contributed by atoms with Crippen molar-refractivity contribution >= 4 is 7.82 Å². The minimum absolute atomic E-state index is 0.285. The van der Waals surface area contributed by atoms with Crippen LogP contribution in [0, 0.1) is 0 Å². The molecular weight excluding hydrogens is 229 g/mol. The highest BCUT2D eigenvalue weighted by Crippen LogP contribution is 2.40. The summed E-state index contributed by atoms with van der Waals surface area (Å²) < 4.78 is 15.2. The highest BCUT2D eigenvalue weighted by molar-refractivity contribution is 7.46. The Bertz CT molecular complexity index is 391. The molecule has 1 heterocycles. The number of benzene rings is 1. The summed E-state index contributed by atoms with van der Waals surface area (Å²) in [6.07, 6.45) is 0.851. The average Bonchev–Trinajstić information content (AvgIpc) is 2.65. The highest BCUT2D eigenvalue weighted by Gasteiger charge is 2.29. The molecule has 1 aliphatic heterocycles. The number of hydrogen-bond acceptors (Lipinski definition) is 3. The fourth-order valence-corrected chi connectivity index (χ4v) is 2.40. The van der Waals surface area contributed by atoms with E-state index in [0.29, 0.717) is 13.1 Å². The lowest BCUT2D eigenvalue weighted by molar-refractivity contribution is -0.0614. The Hall–Kier alpha value is -0.710. The maximum absolute atomic E-state index is 10.7. The molecule has 0 spiro atoms. The minimum Gasteiger partial charge on any atom is -0.302 e. The molecule has 16 heavy (non-hydrogen) atoms. The molecule has 0 saturated carbocycles. The number of hydroxylamine groups is 2. The SMILES string of the molecule is O=P(O)(O)ON1CCC(c2ccccc2)C1. The van der Waals surface area contributed by atoms with Crippen molar-refractivity contribution in [1.82, 2.24) is 5.06 Å². The quantitative estimate of drug-likeness (QED) is 0.787. The van der Waals surface area contributed by atoms with E-state index >= 15 is 0 Å². The predicted molar refractivity (Wildman–Crippen MR) is 58.5 cm³/mol. The monoisotopic (exact) mass is 243 g/mol. The van der Waals surface area contributed by atoms with Gasteiger partial charge in [0.25, 0.3) is 0 Å². The van der Waals surface area contributed by atoms with E-state index in [1.807, 2.05) is 30.3 Å². The van der Waals surface area contributed by atoms with Crippen LogP contribution in [0.15, 0.2) is 30.3 Å². The second-order valence-electron chi connectivity index (χ2n) is 3.86. The zero-order valence-electron chi connectivity index (χ0n) is 8.69. The fraction of sp³-hybridized carbons (Fsp3) is 0.400. The van der Waals surface area contributed by atoms with E-state index < -0.39 is 7.82 Å². The first-order chi connectivity index (χ1) is 7.54. The summed E-state index contributed by atoms with van der Waals surface area (Å²) in [6.45, 7) is 1.07. The van der Waals surface area contributed by atoms with E-state index in [1.54, 1.807) is 0 Å². The summed E-state index contributed by atoms with van der Waals surface area (Å²) in [5, 5.41) is 1.35. The van der Waals surface area contributed by atoms with Crippen LogP contribution in [0.3, 0.4) is 0 Å². The second-order valence-corrected chi connectivity index (χ2v) is 5.00. The van der Waals surface area contributed by atoms with Crippen molar-refractivity contribution in [3.63, 3.8) is 0 Å². The maximum Gasteiger partial charge on any atom is 0.486 e. The molecule has 1 fully saturated rings. The lowest BCUT2D eigenvalue weighted by atomic mass is 9.99. The van der Waals surface area contributed by atoms with Crippen LogP contribution in [0.2, 0.25) is 0 Å². The van der Waals surface area contributed by atoms with Crippen molar-refractivity contribution in [3.8, 4) is 0 Å². The topological polar surface area (TPSA) is 70.0 Å². The van der Waals surface area contributed by atoms with Gasteiger partial charge in [0.1, 0.15) is 0 Å². The van der Waals surface area contributed by atoms with Gasteiger partial charge in [-0.2, -0.15) is 9.69 Å². The van der Waals surface area contributed by atoms with Crippen LogP contribution in [0.25, 0.3) is 0 Å². The molecule has 0 aliphatic carbocycles. The molecular formula is C10H14NO4P. The number of phosphoric acid groups is 1. The zero-order valence-corrected chi connectivity index (χ0v) is 9.59. The maximum atomic E-state index is 10.7. The van der Waals surface area contributed by atoms with Crippen molar-refractivity contribution in [2.75, 3.05) is 13.1 Å². The first-order valence-electron chi connectivity index (χ1n) is 5.10. The van der Waals surface area contributed by atoms with E-state index in [2.05, 4.69) is 4.62 Å². The van der Waals surface area contributed by atoms with Crippen molar-refractivity contribution in [3.05, 3.63) is 35.9 Å². The normalized spacial score (nSPS) is 22.5. The van der Waals surface area contributed by atoms with E-state index in [1.165, 1.54) is 10.6 Å². The van der Waals surface area contributed by atoms with E-state index in [-0.39, 0.29) is 5.92 Å². The van der Waals surface area contributed by atoms with E-state index in [0.717, 1.165) is 6.42 Å². The van der Waals surface area contributed by atoms with Gasteiger partial charge in [-0.05, 0) is 12.0 Å². The molecule has 2 N–H and O–H groups in total. The molecule has 1 aromatic carbocycles. The first-order valence-corrected chi connectivity index (χ1v) is 6.63. The molecule has 0 aromatic heterocycles. The molecule has 1 saturated heterocycles. The largest absolute Gasteiger partial charge is 0.486 e. The summed E-state index contributed by atoms with van der Waals surface area (Å²) in [6, 6.07) is 9.91. The Kier molecular flexibility index (Phi) is 3.42. The smallest absolute Gasteiger partial charge is 0.302 e. The number of rotatable bonds is 3. The lowest BCUT2D eigenvalue weighted by Crippen LogP contribution is -2.19. The van der Waals surface area contributed by atoms with Gasteiger partial charge in [0.15, 0.2) is 0 Å². The first kappa shape index (κ1) is 11.8. The van der Waals surface area contributed by atoms with Gasteiger partial charge < -0.3 is 9.79 Å². The molecule has 2 rings (SSSR count). The van der Waals surface area contributed by atoms with Gasteiger partial charge >= 0.3 is 7.82 Å². The average molecular weight is 243 g/mol. The third-order valence-corrected chi connectivity index (χ3v) is 3.09. The van der Waals surface area contributed by atoms with Crippen LogP contribution in [-0.2, 0) is 9.19 Å². The van der Waals surface area contributed by atoms with Gasteiger partial charge in [-0.25, -0.2) is 4.57 Å². The van der Waals surface area contributed by atoms with Crippen LogP contribution in [-0.4, -0.2) is 27.9 Å². The van der Waals surface area contributed by atoms with Gasteiger partial charge in [0.05, 0.1) is 0 Å². The van der Waals surface area contributed by atoms with E-state index in [4.69, 9.17) is 9.79 Å². The summed E-state index contributed by atoms with van der Waals surface area (Å²) in [4.78, 5) is 17.4. The Morgan fingerprint density at radius 1 is 1.31 bits per heavy atom. The third kappa shape index (κ3) is 3.14. The van der Waals surface area contributed by atoms with Gasteiger partial charge in [-0.1, -0.05) is 30.3 Å². The molecule has 1 aromatic rings. The lowest BCUT2D eigenvalue weighted by Gasteiger charge is -2.16. The second kappa shape index (κ2) is 4.65. The molecule has 0 amide bonds. The summed E-state index contributed by atoms with van der Waals surface area (Å²) in [7, 11) is -4.41. The summed E-state index contributed by atoms with van der Waals surface area (Å²) >= 11 is 0. The van der Waals surface area contributed by atoms with Gasteiger partial charge in [0.2, 0.25) is 0 Å². The summed E-state index contributed by atoms with van der Waals surface area (Å²) in [5.41, 5.74) is 1.18. The Morgan fingerprint density at radius 2 is 2.00 bits per heavy atom. The predicted octanol–water partition coefficient (Wildman–Crippen LogP) is 1.50. The Labute approximate surface area is 93.9 Å². The minimum atomic E-state index is -4.41. The van der Waals surface area contributed by atoms with Gasteiger partial charge in [-0.3, -0.25) is 0 Å². The molecule has 88 valence electrons.